The summed E-state index contributed by atoms with van der Waals surface area (Å²) in [6, 6.07) is 6.90. The SMILES string of the molecule is Nc1ccc(COc2cccnc2)c(C(F)(F)F)c1. The van der Waals surface area contributed by atoms with Crippen LogP contribution in [0.25, 0.3) is 0 Å². The second-order valence-corrected chi connectivity index (χ2v) is 3.89. The number of nitrogens with two attached hydrogens (primary N) is 1. The highest BCUT2D eigenvalue weighted by Crippen LogP contribution is 2.33. The first kappa shape index (κ1) is 13.2. The first-order valence-electron chi connectivity index (χ1n) is 5.45. The van der Waals surface area contributed by atoms with Crippen LogP contribution in [0.2, 0.25) is 0 Å². The number of anilines is 1. The second kappa shape index (κ2) is 5.17. The monoisotopic (exact) mass is 268 g/mol. The van der Waals surface area contributed by atoms with Gasteiger partial charge < -0.3 is 10.5 Å². The average Bonchev–Trinajstić information content (AvgIpc) is 2.37. The largest absolute Gasteiger partial charge is 0.487 e. The van der Waals surface area contributed by atoms with Crippen LogP contribution in [0.4, 0.5) is 18.9 Å². The van der Waals surface area contributed by atoms with Crippen LogP contribution < -0.4 is 10.5 Å². The number of alkyl halides is 3. The number of ether oxygens (including phenoxy) is 1. The number of pyridine rings is 1. The molecule has 0 saturated heterocycles. The molecule has 19 heavy (non-hydrogen) atoms. The van der Waals surface area contributed by atoms with Crippen molar-refractivity contribution in [3.05, 3.63) is 53.9 Å². The molecule has 0 atom stereocenters. The van der Waals surface area contributed by atoms with Crippen LogP contribution in [-0.2, 0) is 12.8 Å². The van der Waals surface area contributed by atoms with Gasteiger partial charge in [0.15, 0.2) is 0 Å². The summed E-state index contributed by atoms with van der Waals surface area (Å²) in [7, 11) is 0. The maximum absolute atomic E-state index is 12.8. The second-order valence-electron chi connectivity index (χ2n) is 3.89. The molecule has 2 N–H and O–H groups in total. The van der Waals surface area contributed by atoms with Gasteiger partial charge in [-0.05, 0) is 24.3 Å². The molecule has 0 unspecified atom stereocenters. The topological polar surface area (TPSA) is 48.1 Å². The predicted molar refractivity (Wildman–Crippen MR) is 64.4 cm³/mol. The molecule has 0 aliphatic carbocycles. The summed E-state index contributed by atoms with van der Waals surface area (Å²) >= 11 is 0. The van der Waals surface area contributed by atoms with Crippen molar-refractivity contribution >= 4 is 5.69 Å². The summed E-state index contributed by atoms with van der Waals surface area (Å²) < 4.78 is 43.8. The van der Waals surface area contributed by atoms with Gasteiger partial charge in [-0.25, -0.2) is 0 Å². The smallest absolute Gasteiger partial charge is 0.416 e. The highest BCUT2D eigenvalue weighted by atomic mass is 19.4. The standard InChI is InChI=1S/C13H11F3N2O/c14-13(15,16)12-6-10(17)4-3-9(12)8-19-11-2-1-5-18-7-11/h1-7H,8,17H2. The highest BCUT2D eigenvalue weighted by Gasteiger charge is 2.33. The molecular weight excluding hydrogens is 257 g/mol. The third-order valence-electron chi connectivity index (χ3n) is 2.47. The Morgan fingerprint density at radius 1 is 1.21 bits per heavy atom. The van der Waals surface area contributed by atoms with E-state index in [2.05, 4.69) is 4.98 Å². The lowest BCUT2D eigenvalue weighted by Crippen LogP contribution is -2.11. The van der Waals surface area contributed by atoms with Gasteiger partial charge in [-0.1, -0.05) is 6.07 Å². The number of hydrogen-bond acceptors (Lipinski definition) is 3. The Kier molecular flexibility index (Phi) is 3.59. The molecule has 0 saturated carbocycles. The van der Waals surface area contributed by atoms with E-state index in [0.717, 1.165) is 6.07 Å². The van der Waals surface area contributed by atoms with E-state index in [-0.39, 0.29) is 17.9 Å². The van der Waals surface area contributed by atoms with Gasteiger partial charge in [0.2, 0.25) is 0 Å². The van der Waals surface area contributed by atoms with E-state index in [1.54, 1.807) is 18.3 Å². The molecule has 1 aromatic heterocycles. The molecule has 2 aromatic rings. The van der Waals surface area contributed by atoms with Gasteiger partial charge in [0, 0.05) is 17.4 Å². The number of rotatable bonds is 3. The molecule has 0 aliphatic rings. The fraction of sp³-hybridized carbons (Fsp3) is 0.154. The summed E-state index contributed by atoms with van der Waals surface area (Å²) in [4.78, 5) is 3.82. The van der Waals surface area contributed by atoms with Crippen molar-refractivity contribution < 1.29 is 17.9 Å². The molecule has 2 rings (SSSR count). The van der Waals surface area contributed by atoms with Crippen LogP contribution in [0.15, 0.2) is 42.7 Å². The molecule has 100 valence electrons. The van der Waals surface area contributed by atoms with Gasteiger partial charge in [0.1, 0.15) is 12.4 Å². The molecule has 0 fully saturated rings. The van der Waals surface area contributed by atoms with Crippen LogP contribution in [-0.4, -0.2) is 4.98 Å². The van der Waals surface area contributed by atoms with Crippen LogP contribution in [0.1, 0.15) is 11.1 Å². The Hall–Kier alpha value is -2.24. The van der Waals surface area contributed by atoms with Crippen LogP contribution in [0, 0.1) is 0 Å². The van der Waals surface area contributed by atoms with Crippen molar-refractivity contribution in [1.82, 2.24) is 4.98 Å². The van der Waals surface area contributed by atoms with E-state index < -0.39 is 11.7 Å². The molecule has 3 nitrogen and oxygen atoms in total. The molecule has 0 bridgehead atoms. The van der Waals surface area contributed by atoms with Crippen molar-refractivity contribution in [3.8, 4) is 5.75 Å². The first-order valence-corrected chi connectivity index (χ1v) is 5.45. The number of halogens is 3. The molecule has 0 radical (unpaired) electrons. The third-order valence-corrected chi connectivity index (χ3v) is 2.47. The van der Waals surface area contributed by atoms with E-state index in [9.17, 15) is 13.2 Å². The molecule has 1 heterocycles. The lowest BCUT2D eigenvalue weighted by molar-refractivity contribution is -0.138. The van der Waals surface area contributed by atoms with Gasteiger partial charge in [-0.3, -0.25) is 4.98 Å². The number of aromatic nitrogens is 1. The van der Waals surface area contributed by atoms with Gasteiger partial charge in [0.25, 0.3) is 0 Å². The number of benzene rings is 1. The zero-order valence-corrected chi connectivity index (χ0v) is 9.82. The van der Waals surface area contributed by atoms with Crippen molar-refractivity contribution in [2.75, 3.05) is 5.73 Å². The quantitative estimate of drug-likeness (QED) is 0.869. The number of nitrogen functional groups attached to an aromatic ring is 1. The van der Waals surface area contributed by atoms with Gasteiger partial charge >= 0.3 is 6.18 Å². The average molecular weight is 268 g/mol. The molecule has 1 aromatic carbocycles. The molecule has 6 heteroatoms. The maximum Gasteiger partial charge on any atom is 0.416 e. The Balaban J connectivity index is 2.21. The summed E-state index contributed by atoms with van der Waals surface area (Å²) in [5, 5.41) is 0. The minimum absolute atomic E-state index is 0.0329. The van der Waals surface area contributed by atoms with Crippen molar-refractivity contribution in [1.29, 1.82) is 0 Å². The Labute approximate surface area is 107 Å². The molecule has 0 spiro atoms. The predicted octanol–water partition coefficient (Wildman–Crippen LogP) is 3.26. The Morgan fingerprint density at radius 2 is 2.00 bits per heavy atom. The van der Waals surface area contributed by atoms with E-state index >= 15 is 0 Å². The Bertz CT molecular complexity index is 556. The minimum atomic E-state index is -4.46. The van der Waals surface area contributed by atoms with E-state index in [1.165, 1.54) is 18.3 Å². The number of hydrogen-bond donors (Lipinski definition) is 1. The lowest BCUT2D eigenvalue weighted by Gasteiger charge is -2.14. The minimum Gasteiger partial charge on any atom is -0.487 e. The summed E-state index contributed by atoms with van der Waals surface area (Å²) in [6.07, 6.45) is -1.47. The van der Waals surface area contributed by atoms with Crippen molar-refractivity contribution in [2.45, 2.75) is 12.8 Å². The van der Waals surface area contributed by atoms with Gasteiger partial charge in [-0.15, -0.1) is 0 Å². The fourth-order valence-electron chi connectivity index (χ4n) is 1.58. The fourth-order valence-corrected chi connectivity index (χ4v) is 1.58. The van der Waals surface area contributed by atoms with Crippen LogP contribution in [0.5, 0.6) is 5.75 Å². The third kappa shape index (κ3) is 3.37. The van der Waals surface area contributed by atoms with Crippen LogP contribution >= 0.6 is 0 Å². The summed E-state index contributed by atoms with van der Waals surface area (Å²) in [5.74, 6) is 0.410. The normalized spacial score (nSPS) is 11.3. The molecular formula is C13H11F3N2O. The maximum atomic E-state index is 12.8. The van der Waals surface area contributed by atoms with E-state index in [0.29, 0.717) is 5.75 Å². The van der Waals surface area contributed by atoms with Gasteiger partial charge in [-0.2, -0.15) is 13.2 Å². The molecule has 0 aliphatic heterocycles. The molecule has 0 amide bonds. The van der Waals surface area contributed by atoms with E-state index in [1.807, 2.05) is 0 Å². The highest BCUT2D eigenvalue weighted by molar-refractivity contribution is 5.46. The van der Waals surface area contributed by atoms with E-state index in [4.69, 9.17) is 10.5 Å². The summed E-state index contributed by atoms with van der Waals surface area (Å²) in [5.41, 5.74) is 4.70. The first-order chi connectivity index (χ1) is 8.97. The number of nitrogens with zero attached hydrogens (tertiary/aromatic N) is 1. The lowest BCUT2D eigenvalue weighted by atomic mass is 10.1. The zero-order valence-electron chi connectivity index (χ0n) is 9.82. The zero-order chi connectivity index (χ0) is 13.9. The van der Waals surface area contributed by atoms with Crippen molar-refractivity contribution in [3.63, 3.8) is 0 Å². The van der Waals surface area contributed by atoms with Gasteiger partial charge in [0.05, 0.1) is 11.8 Å². The Morgan fingerprint density at radius 3 is 2.63 bits per heavy atom. The van der Waals surface area contributed by atoms with Crippen molar-refractivity contribution in [2.24, 2.45) is 0 Å². The summed E-state index contributed by atoms with van der Waals surface area (Å²) in [6.45, 7) is -0.194. The van der Waals surface area contributed by atoms with Crippen LogP contribution in [0.3, 0.4) is 0 Å².